The van der Waals surface area contributed by atoms with Crippen molar-refractivity contribution < 1.29 is 4.79 Å². The minimum atomic E-state index is -0.0684. The first-order valence-corrected chi connectivity index (χ1v) is 8.26. The van der Waals surface area contributed by atoms with Gasteiger partial charge in [-0.15, -0.1) is 10.2 Å². The molecule has 1 amide bonds. The zero-order valence-corrected chi connectivity index (χ0v) is 14.5. The van der Waals surface area contributed by atoms with Crippen LogP contribution in [0.2, 0.25) is 5.02 Å². The maximum absolute atomic E-state index is 12.4. The Bertz CT molecular complexity index is 726. The number of anilines is 2. The second-order valence-electron chi connectivity index (χ2n) is 5.94. The highest BCUT2D eigenvalue weighted by Gasteiger charge is 2.21. The summed E-state index contributed by atoms with van der Waals surface area (Å²) >= 11 is 6.11. The van der Waals surface area contributed by atoms with Crippen molar-refractivity contribution in [2.75, 3.05) is 38.5 Å². The van der Waals surface area contributed by atoms with Gasteiger partial charge in [-0.25, -0.2) is 0 Å². The summed E-state index contributed by atoms with van der Waals surface area (Å²) in [5, 5.41) is 12.0. The van der Waals surface area contributed by atoms with E-state index in [4.69, 9.17) is 11.6 Å². The lowest BCUT2D eigenvalue weighted by molar-refractivity contribution is 0.0657. The van der Waals surface area contributed by atoms with Gasteiger partial charge in [0.25, 0.3) is 5.91 Å². The van der Waals surface area contributed by atoms with Gasteiger partial charge >= 0.3 is 0 Å². The molecule has 0 spiro atoms. The van der Waals surface area contributed by atoms with Crippen molar-refractivity contribution in [3.8, 4) is 0 Å². The molecule has 2 heterocycles. The molecule has 0 bridgehead atoms. The zero-order chi connectivity index (χ0) is 17.1. The topological polar surface area (TPSA) is 61.4 Å². The van der Waals surface area contributed by atoms with Crippen LogP contribution in [0.25, 0.3) is 0 Å². The number of aromatic nitrogens is 2. The van der Waals surface area contributed by atoms with Gasteiger partial charge in [0.15, 0.2) is 11.5 Å². The van der Waals surface area contributed by atoms with E-state index in [9.17, 15) is 4.79 Å². The monoisotopic (exact) mass is 345 g/mol. The highest BCUT2D eigenvalue weighted by molar-refractivity contribution is 6.31. The second-order valence-corrected chi connectivity index (χ2v) is 6.34. The molecule has 2 aromatic rings. The summed E-state index contributed by atoms with van der Waals surface area (Å²) in [4.78, 5) is 16.5. The van der Waals surface area contributed by atoms with E-state index < -0.39 is 0 Å². The average molecular weight is 346 g/mol. The van der Waals surface area contributed by atoms with Crippen molar-refractivity contribution in [3.63, 3.8) is 0 Å². The van der Waals surface area contributed by atoms with Gasteiger partial charge in [-0.1, -0.05) is 17.7 Å². The Morgan fingerprint density at radius 3 is 2.54 bits per heavy atom. The number of rotatable bonds is 3. The Labute approximate surface area is 146 Å². The number of hydrogen-bond acceptors (Lipinski definition) is 5. The maximum atomic E-state index is 12.4. The first-order valence-electron chi connectivity index (χ1n) is 7.88. The van der Waals surface area contributed by atoms with Crippen LogP contribution in [0, 0.1) is 6.92 Å². The number of nitrogens with one attached hydrogen (secondary N) is 1. The average Bonchev–Trinajstić information content (AvgIpc) is 2.60. The van der Waals surface area contributed by atoms with Crippen molar-refractivity contribution in [3.05, 3.63) is 46.6 Å². The van der Waals surface area contributed by atoms with Crippen molar-refractivity contribution in [1.82, 2.24) is 20.0 Å². The van der Waals surface area contributed by atoms with Crippen LogP contribution < -0.4 is 5.32 Å². The molecule has 1 aliphatic rings. The lowest BCUT2D eigenvalue weighted by atomic mass is 10.2. The number of benzene rings is 1. The van der Waals surface area contributed by atoms with Crippen LogP contribution >= 0.6 is 11.6 Å². The van der Waals surface area contributed by atoms with E-state index >= 15 is 0 Å². The molecule has 1 saturated heterocycles. The number of hydrogen-bond donors (Lipinski definition) is 1. The molecular formula is C17H20ClN5O. The molecule has 1 fully saturated rings. The van der Waals surface area contributed by atoms with Crippen LogP contribution in [0.4, 0.5) is 11.5 Å². The fraction of sp³-hybridized carbons (Fsp3) is 0.353. The van der Waals surface area contributed by atoms with Crippen molar-refractivity contribution in [2.45, 2.75) is 6.92 Å². The minimum absolute atomic E-state index is 0.0684. The minimum Gasteiger partial charge on any atom is -0.338 e. The first kappa shape index (κ1) is 16.7. The van der Waals surface area contributed by atoms with E-state index in [0.29, 0.717) is 16.5 Å². The van der Waals surface area contributed by atoms with Gasteiger partial charge in [0.2, 0.25) is 0 Å². The molecule has 1 aromatic heterocycles. The Morgan fingerprint density at radius 1 is 1.12 bits per heavy atom. The van der Waals surface area contributed by atoms with E-state index in [1.165, 1.54) is 0 Å². The van der Waals surface area contributed by atoms with Crippen LogP contribution in [-0.4, -0.2) is 59.1 Å². The standard InChI is InChI=1S/C17H20ClN5O/c1-12-13(18)4-3-5-14(12)19-16-7-6-15(20-21-16)17(24)23-10-8-22(2)9-11-23/h3-7H,8-11H2,1-2H3,(H,19,21). The predicted molar refractivity (Wildman–Crippen MR) is 94.9 cm³/mol. The third-order valence-corrected chi connectivity index (χ3v) is 4.61. The van der Waals surface area contributed by atoms with Crippen LogP contribution in [0.3, 0.4) is 0 Å². The summed E-state index contributed by atoms with van der Waals surface area (Å²) in [5.74, 6) is 0.511. The number of carbonyl (C=O) groups excluding carboxylic acids is 1. The molecule has 1 aromatic carbocycles. The molecule has 0 saturated carbocycles. The van der Waals surface area contributed by atoms with Crippen LogP contribution in [-0.2, 0) is 0 Å². The molecular weight excluding hydrogens is 326 g/mol. The Kier molecular flexibility index (Phi) is 4.97. The lowest BCUT2D eigenvalue weighted by Gasteiger charge is -2.32. The summed E-state index contributed by atoms with van der Waals surface area (Å²) < 4.78 is 0. The summed E-state index contributed by atoms with van der Waals surface area (Å²) in [5.41, 5.74) is 2.18. The highest BCUT2D eigenvalue weighted by Crippen LogP contribution is 2.25. The number of likely N-dealkylation sites (N-methyl/N-ethyl adjacent to an activating group) is 1. The molecule has 0 unspecified atom stereocenters. The molecule has 0 radical (unpaired) electrons. The molecule has 6 nitrogen and oxygen atoms in total. The largest absolute Gasteiger partial charge is 0.338 e. The summed E-state index contributed by atoms with van der Waals surface area (Å²) in [7, 11) is 2.06. The fourth-order valence-corrected chi connectivity index (χ4v) is 2.74. The third kappa shape index (κ3) is 3.66. The number of amides is 1. The van der Waals surface area contributed by atoms with E-state index in [0.717, 1.165) is 37.4 Å². The normalized spacial score (nSPS) is 15.4. The van der Waals surface area contributed by atoms with Gasteiger partial charge < -0.3 is 15.1 Å². The molecule has 1 aliphatic heterocycles. The van der Waals surface area contributed by atoms with Gasteiger partial charge in [-0.3, -0.25) is 4.79 Å². The fourth-order valence-electron chi connectivity index (χ4n) is 2.57. The van der Waals surface area contributed by atoms with Crippen LogP contribution in [0.15, 0.2) is 30.3 Å². The molecule has 3 rings (SSSR count). The smallest absolute Gasteiger partial charge is 0.274 e. The SMILES string of the molecule is Cc1c(Cl)cccc1Nc1ccc(C(=O)N2CCN(C)CC2)nn1. The second kappa shape index (κ2) is 7.15. The quantitative estimate of drug-likeness (QED) is 0.926. The van der Waals surface area contributed by atoms with E-state index in [1.807, 2.05) is 30.0 Å². The Hall–Kier alpha value is -2.18. The molecule has 0 aliphatic carbocycles. The summed E-state index contributed by atoms with van der Waals surface area (Å²) in [6.45, 7) is 5.14. The molecule has 24 heavy (non-hydrogen) atoms. The third-order valence-electron chi connectivity index (χ3n) is 4.20. The van der Waals surface area contributed by atoms with E-state index in [1.54, 1.807) is 12.1 Å². The maximum Gasteiger partial charge on any atom is 0.274 e. The number of nitrogens with zero attached hydrogens (tertiary/aromatic N) is 4. The van der Waals surface area contributed by atoms with Gasteiger partial charge in [0.05, 0.1) is 0 Å². The molecule has 0 atom stereocenters. The predicted octanol–water partition coefficient (Wildman–Crippen LogP) is 2.57. The van der Waals surface area contributed by atoms with E-state index in [-0.39, 0.29) is 5.91 Å². The summed E-state index contributed by atoms with van der Waals surface area (Å²) in [6, 6.07) is 9.10. The molecule has 7 heteroatoms. The van der Waals surface area contributed by atoms with Crippen molar-refractivity contribution in [2.24, 2.45) is 0 Å². The lowest BCUT2D eigenvalue weighted by Crippen LogP contribution is -2.47. The van der Waals surface area contributed by atoms with Gasteiger partial charge in [-0.05, 0) is 43.8 Å². The Morgan fingerprint density at radius 2 is 1.88 bits per heavy atom. The number of piperazine rings is 1. The van der Waals surface area contributed by atoms with Gasteiger partial charge in [0, 0.05) is 36.9 Å². The van der Waals surface area contributed by atoms with E-state index in [2.05, 4.69) is 27.5 Å². The molecule has 126 valence electrons. The first-order chi connectivity index (χ1) is 11.5. The van der Waals surface area contributed by atoms with Gasteiger partial charge in [-0.2, -0.15) is 0 Å². The van der Waals surface area contributed by atoms with Crippen molar-refractivity contribution in [1.29, 1.82) is 0 Å². The van der Waals surface area contributed by atoms with Gasteiger partial charge in [0.1, 0.15) is 0 Å². The van der Waals surface area contributed by atoms with Crippen LogP contribution in [0.1, 0.15) is 16.1 Å². The highest BCUT2D eigenvalue weighted by atomic mass is 35.5. The van der Waals surface area contributed by atoms with Crippen molar-refractivity contribution >= 4 is 29.0 Å². The number of halogens is 1. The Balaban J connectivity index is 1.69. The number of carbonyl (C=O) groups is 1. The summed E-state index contributed by atoms with van der Waals surface area (Å²) in [6.07, 6.45) is 0. The van der Waals surface area contributed by atoms with Crippen LogP contribution in [0.5, 0.6) is 0 Å². The molecule has 1 N–H and O–H groups in total. The zero-order valence-electron chi connectivity index (χ0n) is 13.8.